The van der Waals surface area contributed by atoms with Crippen molar-refractivity contribution >= 4 is 0 Å². The number of aliphatic hydroxyl groups is 1. The quantitative estimate of drug-likeness (QED) is 0.633. The number of hydrogen-bond acceptors (Lipinski definition) is 3. The molecule has 3 nitrogen and oxygen atoms in total. The van der Waals surface area contributed by atoms with Crippen molar-refractivity contribution in [3.63, 3.8) is 0 Å². The summed E-state index contributed by atoms with van der Waals surface area (Å²) in [5.74, 6) is 0.672. The van der Waals surface area contributed by atoms with Crippen LogP contribution < -0.4 is 5.32 Å². The minimum atomic E-state index is 0.269. The fraction of sp³-hybridized carbons (Fsp3) is 1.00. The summed E-state index contributed by atoms with van der Waals surface area (Å²) in [7, 11) is 2.17. The molecular formula is C13H30N2O. The summed E-state index contributed by atoms with van der Waals surface area (Å²) in [5, 5.41) is 12.5. The average Bonchev–Trinajstić information content (AvgIpc) is 2.24. The fourth-order valence-corrected chi connectivity index (χ4v) is 1.79. The summed E-state index contributed by atoms with van der Waals surface area (Å²) in [6, 6.07) is 1.00. The van der Waals surface area contributed by atoms with Gasteiger partial charge in [-0.25, -0.2) is 0 Å². The third kappa shape index (κ3) is 6.46. The molecule has 0 fully saturated rings. The Kier molecular flexibility index (Phi) is 8.90. The van der Waals surface area contributed by atoms with Crippen LogP contribution in [0, 0.1) is 5.92 Å². The monoisotopic (exact) mass is 230 g/mol. The van der Waals surface area contributed by atoms with Gasteiger partial charge < -0.3 is 15.3 Å². The van der Waals surface area contributed by atoms with Gasteiger partial charge in [-0.2, -0.15) is 0 Å². The second-order valence-electron chi connectivity index (χ2n) is 5.09. The van der Waals surface area contributed by atoms with Crippen molar-refractivity contribution in [1.82, 2.24) is 10.2 Å². The van der Waals surface area contributed by atoms with Gasteiger partial charge in [0.1, 0.15) is 0 Å². The van der Waals surface area contributed by atoms with Crippen LogP contribution in [-0.4, -0.2) is 48.8 Å². The molecule has 0 heterocycles. The Hall–Kier alpha value is -0.120. The first-order chi connectivity index (χ1) is 7.52. The van der Waals surface area contributed by atoms with E-state index in [2.05, 4.69) is 45.0 Å². The van der Waals surface area contributed by atoms with E-state index in [9.17, 15) is 0 Å². The lowest BCUT2D eigenvalue weighted by molar-refractivity contribution is 0.172. The van der Waals surface area contributed by atoms with Gasteiger partial charge in [-0.05, 0) is 39.3 Å². The highest BCUT2D eigenvalue weighted by Gasteiger charge is 2.17. The molecule has 0 bridgehead atoms. The minimum Gasteiger partial charge on any atom is -0.396 e. The van der Waals surface area contributed by atoms with Crippen molar-refractivity contribution in [1.29, 1.82) is 0 Å². The Morgan fingerprint density at radius 2 is 1.88 bits per heavy atom. The predicted octanol–water partition coefficient (Wildman–Crippen LogP) is 1.71. The number of likely N-dealkylation sites (N-methyl/N-ethyl adjacent to an activating group) is 1. The largest absolute Gasteiger partial charge is 0.396 e. The van der Waals surface area contributed by atoms with E-state index in [1.807, 2.05) is 0 Å². The molecule has 0 radical (unpaired) electrons. The number of rotatable bonds is 9. The van der Waals surface area contributed by atoms with Gasteiger partial charge in [0, 0.05) is 25.2 Å². The van der Waals surface area contributed by atoms with Crippen LogP contribution in [0.2, 0.25) is 0 Å². The second-order valence-corrected chi connectivity index (χ2v) is 5.09. The maximum Gasteiger partial charge on any atom is 0.0446 e. The van der Waals surface area contributed by atoms with Crippen LogP contribution in [0.15, 0.2) is 0 Å². The highest BCUT2D eigenvalue weighted by molar-refractivity contribution is 4.75. The Morgan fingerprint density at radius 3 is 2.31 bits per heavy atom. The maximum absolute atomic E-state index is 9.04. The standard InChI is InChI=1S/C13H30N2O/c1-6-8-14-13(7-9-16)10-15(5)12(4)11(2)3/h11-14,16H,6-10H2,1-5H3. The van der Waals surface area contributed by atoms with Crippen LogP contribution in [0.1, 0.15) is 40.5 Å². The van der Waals surface area contributed by atoms with Crippen LogP contribution >= 0.6 is 0 Å². The molecule has 0 amide bonds. The maximum atomic E-state index is 9.04. The SMILES string of the molecule is CCCNC(CCO)CN(C)C(C)C(C)C. The van der Waals surface area contributed by atoms with Crippen molar-refractivity contribution in [2.45, 2.75) is 52.6 Å². The summed E-state index contributed by atoms with van der Waals surface area (Å²) >= 11 is 0. The third-order valence-electron chi connectivity index (χ3n) is 3.33. The molecule has 2 atom stereocenters. The van der Waals surface area contributed by atoms with Crippen LogP contribution in [0.4, 0.5) is 0 Å². The summed E-state index contributed by atoms with van der Waals surface area (Å²) in [5.41, 5.74) is 0. The first-order valence-electron chi connectivity index (χ1n) is 6.57. The lowest BCUT2D eigenvalue weighted by Crippen LogP contribution is -2.44. The zero-order valence-electron chi connectivity index (χ0n) is 11.7. The normalized spacial score (nSPS) is 15.8. The van der Waals surface area contributed by atoms with Crippen LogP contribution in [0.5, 0.6) is 0 Å². The highest BCUT2D eigenvalue weighted by atomic mass is 16.3. The van der Waals surface area contributed by atoms with E-state index in [0.717, 1.165) is 25.9 Å². The van der Waals surface area contributed by atoms with E-state index in [1.54, 1.807) is 0 Å². The van der Waals surface area contributed by atoms with Gasteiger partial charge in [-0.3, -0.25) is 0 Å². The highest BCUT2D eigenvalue weighted by Crippen LogP contribution is 2.09. The first-order valence-corrected chi connectivity index (χ1v) is 6.57. The van der Waals surface area contributed by atoms with Gasteiger partial charge in [-0.15, -0.1) is 0 Å². The molecule has 3 heteroatoms. The van der Waals surface area contributed by atoms with Gasteiger partial charge in [0.15, 0.2) is 0 Å². The molecule has 0 aromatic carbocycles. The summed E-state index contributed by atoms with van der Waals surface area (Å²) in [6.07, 6.45) is 1.99. The van der Waals surface area contributed by atoms with E-state index in [-0.39, 0.29) is 6.61 Å². The summed E-state index contributed by atoms with van der Waals surface area (Å²) in [6.45, 7) is 11.3. The molecule has 0 saturated heterocycles. The minimum absolute atomic E-state index is 0.269. The van der Waals surface area contributed by atoms with E-state index in [1.165, 1.54) is 0 Å². The van der Waals surface area contributed by atoms with Crippen molar-refractivity contribution in [3.8, 4) is 0 Å². The van der Waals surface area contributed by atoms with Crippen LogP contribution in [-0.2, 0) is 0 Å². The van der Waals surface area contributed by atoms with Gasteiger partial charge in [0.25, 0.3) is 0 Å². The van der Waals surface area contributed by atoms with Gasteiger partial charge in [0.2, 0.25) is 0 Å². The smallest absolute Gasteiger partial charge is 0.0446 e. The number of nitrogens with one attached hydrogen (secondary N) is 1. The molecule has 0 aliphatic carbocycles. The van der Waals surface area contributed by atoms with Crippen LogP contribution in [0.3, 0.4) is 0 Å². The average molecular weight is 230 g/mol. The van der Waals surface area contributed by atoms with Gasteiger partial charge in [0.05, 0.1) is 0 Å². The molecule has 0 rings (SSSR count). The Balaban J connectivity index is 4.05. The molecule has 98 valence electrons. The van der Waals surface area contributed by atoms with Crippen molar-refractivity contribution in [2.24, 2.45) is 5.92 Å². The molecule has 2 N–H and O–H groups in total. The molecule has 16 heavy (non-hydrogen) atoms. The second kappa shape index (κ2) is 8.97. The molecule has 2 unspecified atom stereocenters. The van der Waals surface area contributed by atoms with E-state index in [0.29, 0.717) is 18.0 Å². The van der Waals surface area contributed by atoms with Crippen molar-refractivity contribution < 1.29 is 5.11 Å². The third-order valence-corrected chi connectivity index (χ3v) is 3.33. The van der Waals surface area contributed by atoms with Gasteiger partial charge in [-0.1, -0.05) is 20.8 Å². The summed E-state index contributed by atoms with van der Waals surface area (Å²) < 4.78 is 0. The summed E-state index contributed by atoms with van der Waals surface area (Å²) in [4.78, 5) is 2.38. The van der Waals surface area contributed by atoms with E-state index in [4.69, 9.17) is 5.11 Å². The lowest BCUT2D eigenvalue weighted by Gasteiger charge is -2.31. The zero-order chi connectivity index (χ0) is 12.6. The van der Waals surface area contributed by atoms with Crippen molar-refractivity contribution in [3.05, 3.63) is 0 Å². The molecule has 0 saturated carbocycles. The zero-order valence-corrected chi connectivity index (χ0v) is 11.7. The fourth-order valence-electron chi connectivity index (χ4n) is 1.79. The van der Waals surface area contributed by atoms with E-state index < -0.39 is 0 Å². The molecule has 0 aliphatic rings. The Morgan fingerprint density at radius 1 is 1.25 bits per heavy atom. The number of nitrogens with zero attached hydrogens (tertiary/aromatic N) is 1. The van der Waals surface area contributed by atoms with Crippen molar-refractivity contribution in [2.75, 3.05) is 26.7 Å². The van der Waals surface area contributed by atoms with Gasteiger partial charge >= 0.3 is 0 Å². The first kappa shape index (κ1) is 15.9. The predicted molar refractivity (Wildman–Crippen MR) is 70.7 cm³/mol. The molecule has 0 aliphatic heterocycles. The molecule has 0 spiro atoms. The lowest BCUT2D eigenvalue weighted by atomic mass is 10.0. The van der Waals surface area contributed by atoms with E-state index >= 15 is 0 Å². The number of aliphatic hydroxyl groups excluding tert-OH is 1. The number of hydrogen-bond donors (Lipinski definition) is 2. The molecule has 0 aromatic heterocycles. The Bertz CT molecular complexity index is 162. The molecule has 0 aromatic rings. The van der Waals surface area contributed by atoms with Crippen LogP contribution in [0.25, 0.3) is 0 Å². The topological polar surface area (TPSA) is 35.5 Å². The Labute approximate surface area is 101 Å². The molecular weight excluding hydrogens is 200 g/mol.